The molecule has 0 aliphatic heterocycles. The van der Waals surface area contributed by atoms with Gasteiger partial charge in [-0.3, -0.25) is 4.57 Å². The smallest absolute Gasteiger partial charge is 0.434 e. The van der Waals surface area contributed by atoms with Crippen LogP contribution in [-0.2, 0) is 27.7 Å². The number of aryl methyl sites for hydroxylation is 1. The van der Waals surface area contributed by atoms with Gasteiger partial charge < -0.3 is 14.8 Å². The third kappa shape index (κ3) is 7.07. The Morgan fingerprint density at radius 1 is 1.05 bits per heavy atom. The standard InChI is InChI=1S/C26H32N4O6S2/c1-5-16-27-25(31)29-38(33,34)21-11-9-8-10-20(21)19-14-12-18(13-15-19)17-30-22(6-2)28-23(37-4)24(30)36-26(32)35-7-3/h8-15H,5-7,16-17H2,1-4H3,(H2,27,29,31). The fourth-order valence-electron chi connectivity index (χ4n) is 3.71. The molecule has 0 atom stereocenters. The molecule has 2 aromatic carbocycles. The molecule has 0 saturated carbocycles. The molecule has 2 N–H and O–H groups in total. The lowest BCUT2D eigenvalue weighted by Gasteiger charge is -2.14. The van der Waals surface area contributed by atoms with Crippen molar-refractivity contribution in [2.24, 2.45) is 0 Å². The van der Waals surface area contributed by atoms with Crippen LogP contribution in [0.3, 0.4) is 0 Å². The number of benzene rings is 2. The minimum Gasteiger partial charge on any atom is -0.434 e. The lowest BCUT2D eigenvalue weighted by atomic mass is 10.0. The van der Waals surface area contributed by atoms with E-state index in [0.29, 0.717) is 48.0 Å². The predicted molar refractivity (Wildman–Crippen MR) is 146 cm³/mol. The van der Waals surface area contributed by atoms with E-state index in [1.807, 2.05) is 48.9 Å². The Labute approximate surface area is 227 Å². The molecular formula is C26H32N4O6S2. The predicted octanol–water partition coefficient (Wildman–Crippen LogP) is 4.82. The average Bonchev–Trinajstić information content (AvgIpc) is 3.23. The van der Waals surface area contributed by atoms with E-state index in [0.717, 1.165) is 11.4 Å². The van der Waals surface area contributed by atoms with Crippen molar-refractivity contribution in [3.05, 3.63) is 59.9 Å². The number of carbonyl (C=O) groups excluding carboxylic acids is 2. The number of ether oxygens (including phenoxy) is 2. The highest BCUT2D eigenvalue weighted by molar-refractivity contribution is 7.98. The van der Waals surface area contributed by atoms with Crippen molar-refractivity contribution in [3.8, 4) is 17.0 Å². The summed E-state index contributed by atoms with van der Waals surface area (Å²) in [6, 6.07) is 13.1. The molecule has 0 aliphatic rings. The second kappa shape index (κ2) is 13.3. The number of amides is 2. The minimum atomic E-state index is -4.10. The first kappa shape index (κ1) is 29.1. The quantitative estimate of drug-likeness (QED) is 0.252. The number of urea groups is 1. The third-order valence-corrected chi connectivity index (χ3v) is 7.51. The fraction of sp³-hybridized carbons (Fsp3) is 0.346. The van der Waals surface area contributed by atoms with E-state index in [1.54, 1.807) is 25.1 Å². The molecule has 0 aliphatic carbocycles. The van der Waals surface area contributed by atoms with Crippen LogP contribution in [0.5, 0.6) is 5.88 Å². The first-order chi connectivity index (χ1) is 18.2. The van der Waals surface area contributed by atoms with Crippen LogP contribution in [-0.4, -0.2) is 49.6 Å². The van der Waals surface area contributed by atoms with Crippen molar-refractivity contribution in [2.75, 3.05) is 19.4 Å². The topological polar surface area (TPSA) is 129 Å². The monoisotopic (exact) mass is 560 g/mol. The Morgan fingerprint density at radius 3 is 2.39 bits per heavy atom. The summed E-state index contributed by atoms with van der Waals surface area (Å²) in [4.78, 5) is 28.6. The molecule has 0 fully saturated rings. The summed E-state index contributed by atoms with van der Waals surface area (Å²) in [5, 5.41) is 3.09. The summed E-state index contributed by atoms with van der Waals surface area (Å²) >= 11 is 1.37. The Balaban J connectivity index is 1.89. The third-order valence-electron chi connectivity index (χ3n) is 5.47. The number of rotatable bonds is 11. The zero-order valence-electron chi connectivity index (χ0n) is 21.8. The van der Waals surface area contributed by atoms with Crippen molar-refractivity contribution >= 4 is 34.0 Å². The van der Waals surface area contributed by atoms with Crippen LogP contribution in [0.2, 0.25) is 0 Å². The average molecular weight is 561 g/mol. The zero-order chi connectivity index (χ0) is 27.7. The van der Waals surface area contributed by atoms with Gasteiger partial charge in [0.25, 0.3) is 10.0 Å². The van der Waals surface area contributed by atoms with E-state index >= 15 is 0 Å². The molecule has 3 aromatic rings. The van der Waals surface area contributed by atoms with Crippen LogP contribution in [0.1, 0.15) is 38.6 Å². The maximum absolute atomic E-state index is 12.9. The number of nitrogens with zero attached hydrogens (tertiary/aromatic N) is 2. The summed E-state index contributed by atoms with van der Waals surface area (Å²) in [6.45, 7) is 6.48. The lowest BCUT2D eigenvalue weighted by Crippen LogP contribution is -2.39. The van der Waals surface area contributed by atoms with Crippen LogP contribution < -0.4 is 14.8 Å². The molecule has 0 spiro atoms. The van der Waals surface area contributed by atoms with E-state index in [4.69, 9.17) is 9.47 Å². The van der Waals surface area contributed by atoms with Gasteiger partial charge in [0, 0.05) is 18.5 Å². The molecule has 3 rings (SSSR count). The van der Waals surface area contributed by atoms with Gasteiger partial charge in [0.1, 0.15) is 5.82 Å². The van der Waals surface area contributed by atoms with E-state index in [-0.39, 0.29) is 11.5 Å². The van der Waals surface area contributed by atoms with Crippen LogP contribution in [0.25, 0.3) is 11.1 Å². The Bertz CT molecular complexity index is 1370. The number of carbonyl (C=O) groups is 2. The van der Waals surface area contributed by atoms with E-state index in [9.17, 15) is 18.0 Å². The van der Waals surface area contributed by atoms with Gasteiger partial charge in [-0.05, 0) is 36.8 Å². The highest BCUT2D eigenvalue weighted by Crippen LogP contribution is 2.31. The molecule has 0 bridgehead atoms. The minimum absolute atomic E-state index is 0.00277. The van der Waals surface area contributed by atoms with Crippen molar-refractivity contribution < 1.29 is 27.5 Å². The summed E-state index contributed by atoms with van der Waals surface area (Å²) in [5.41, 5.74) is 2.01. The van der Waals surface area contributed by atoms with Crippen LogP contribution >= 0.6 is 11.8 Å². The van der Waals surface area contributed by atoms with Crippen LogP contribution in [0.15, 0.2) is 58.5 Å². The molecule has 1 heterocycles. The summed E-state index contributed by atoms with van der Waals surface area (Å²) in [6.07, 6.45) is 2.37. The highest BCUT2D eigenvalue weighted by Gasteiger charge is 2.23. The van der Waals surface area contributed by atoms with Crippen LogP contribution in [0.4, 0.5) is 9.59 Å². The van der Waals surface area contributed by atoms with E-state index in [1.165, 1.54) is 17.8 Å². The summed E-state index contributed by atoms with van der Waals surface area (Å²) < 4.78 is 40.2. The molecule has 0 radical (unpaired) electrons. The fourth-order valence-corrected chi connectivity index (χ4v) is 5.39. The van der Waals surface area contributed by atoms with Crippen molar-refractivity contribution in [1.29, 1.82) is 0 Å². The van der Waals surface area contributed by atoms with Gasteiger partial charge in [0.15, 0.2) is 5.03 Å². The molecular weight excluding hydrogens is 528 g/mol. The molecule has 0 saturated heterocycles. The number of hydrogen-bond donors (Lipinski definition) is 2. The molecule has 0 unspecified atom stereocenters. The normalized spacial score (nSPS) is 11.2. The number of imidazole rings is 1. The van der Waals surface area contributed by atoms with Crippen molar-refractivity contribution in [1.82, 2.24) is 19.6 Å². The maximum atomic E-state index is 12.9. The first-order valence-electron chi connectivity index (χ1n) is 12.2. The Kier molecular flexibility index (Phi) is 10.2. The number of sulfonamides is 1. The molecule has 1 aromatic heterocycles. The second-order valence-electron chi connectivity index (χ2n) is 8.12. The van der Waals surface area contributed by atoms with E-state index < -0.39 is 22.2 Å². The summed E-state index contributed by atoms with van der Waals surface area (Å²) in [5.74, 6) is 1.07. The lowest BCUT2D eigenvalue weighted by molar-refractivity contribution is 0.0998. The highest BCUT2D eigenvalue weighted by atomic mass is 32.2. The summed E-state index contributed by atoms with van der Waals surface area (Å²) in [7, 11) is -4.10. The second-order valence-corrected chi connectivity index (χ2v) is 10.6. The van der Waals surface area contributed by atoms with Crippen molar-refractivity contribution in [2.45, 2.75) is 50.1 Å². The van der Waals surface area contributed by atoms with E-state index in [2.05, 4.69) is 15.0 Å². The van der Waals surface area contributed by atoms with Gasteiger partial charge in [-0.1, -0.05) is 56.3 Å². The SMILES string of the molecule is CCCNC(=O)NS(=O)(=O)c1ccccc1-c1ccc(Cn2c(CC)nc(SC)c2OC(=O)OCC)cc1. The number of aromatic nitrogens is 2. The number of thioether (sulfide) groups is 1. The molecule has 38 heavy (non-hydrogen) atoms. The van der Waals surface area contributed by atoms with Gasteiger partial charge in [-0.2, -0.15) is 0 Å². The van der Waals surface area contributed by atoms with Crippen molar-refractivity contribution in [3.63, 3.8) is 0 Å². The zero-order valence-corrected chi connectivity index (χ0v) is 23.4. The van der Waals surface area contributed by atoms with Gasteiger partial charge in [0.05, 0.1) is 18.0 Å². The maximum Gasteiger partial charge on any atom is 0.515 e. The van der Waals surface area contributed by atoms with Crippen LogP contribution in [0, 0.1) is 0 Å². The number of hydrogen-bond acceptors (Lipinski definition) is 8. The van der Waals surface area contributed by atoms with Gasteiger partial charge in [-0.15, -0.1) is 11.8 Å². The Hall–Kier alpha value is -3.51. The molecule has 12 heteroatoms. The molecule has 2 amide bonds. The molecule has 204 valence electrons. The molecule has 10 nitrogen and oxygen atoms in total. The Morgan fingerprint density at radius 2 is 1.76 bits per heavy atom. The number of nitrogens with one attached hydrogen (secondary N) is 2. The van der Waals surface area contributed by atoms with Gasteiger partial charge >= 0.3 is 12.2 Å². The van der Waals surface area contributed by atoms with Gasteiger partial charge in [-0.25, -0.2) is 27.7 Å². The van der Waals surface area contributed by atoms with Gasteiger partial charge in [0.2, 0.25) is 5.88 Å². The first-order valence-corrected chi connectivity index (χ1v) is 14.9. The largest absolute Gasteiger partial charge is 0.515 e.